The molecule has 0 heterocycles. The molecule has 0 fully saturated rings. The number of rotatable bonds is 7. The van der Waals surface area contributed by atoms with E-state index >= 15 is 0 Å². The van der Waals surface area contributed by atoms with Gasteiger partial charge in [-0.3, -0.25) is 9.59 Å². The Morgan fingerprint density at radius 1 is 1.04 bits per heavy atom. The monoisotopic (exact) mass is 355 g/mol. The summed E-state index contributed by atoms with van der Waals surface area (Å²) >= 11 is 1.64. The van der Waals surface area contributed by atoms with Gasteiger partial charge in [0.2, 0.25) is 11.8 Å². The molecule has 0 atom stereocenters. The molecule has 2 N–H and O–H groups in total. The number of carbonyl (C=O) groups is 2. The van der Waals surface area contributed by atoms with Gasteiger partial charge in [0.05, 0.1) is 5.71 Å². The third-order valence-electron chi connectivity index (χ3n) is 3.29. The van der Waals surface area contributed by atoms with Crippen LogP contribution in [0.3, 0.4) is 0 Å². The second kappa shape index (κ2) is 9.64. The standard InChI is InChI=1S/C19H21N3O2S/c1-14(16-7-6-8-17(13-16)20-15(2)23)21-22-19(24)11-12-25-18-9-4-3-5-10-18/h3-10,13H,11-12H2,1-2H3,(H,20,23)(H,22,24)/b21-14+. The van der Waals surface area contributed by atoms with E-state index in [1.54, 1.807) is 17.8 Å². The predicted molar refractivity (Wildman–Crippen MR) is 103 cm³/mol. The molecule has 0 saturated carbocycles. The molecule has 0 aliphatic rings. The van der Waals surface area contributed by atoms with Crippen molar-refractivity contribution in [2.24, 2.45) is 5.10 Å². The highest BCUT2D eigenvalue weighted by Crippen LogP contribution is 2.17. The Bertz CT molecular complexity index is 760. The fourth-order valence-electron chi connectivity index (χ4n) is 2.07. The fraction of sp³-hybridized carbons (Fsp3) is 0.211. The zero-order valence-electron chi connectivity index (χ0n) is 14.3. The van der Waals surface area contributed by atoms with Gasteiger partial charge < -0.3 is 5.32 Å². The highest BCUT2D eigenvalue weighted by Gasteiger charge is 2.04. The van der Waals surface area contributed by atoms with Crippen molar-refractivity contribution in [2.45, 2.75) is 25.2 Å². The van der Waals surface area contributed by atoms with Crippen LogP contribution in [0.1, 0.15) is 25.8 Å². The maximum absolute atomic E-state index is 11.9. The molecule has 0 aliphatic heterocycles. The second-order valence-electron chi connectivity index (χ2n) is 5.41. The molecule has 2 amide bonds. The van der Waals surface area contributed by atoms with Gasteiger partial charge in [-0.2, -0.15) is 5.10 Å². The molecule has 5 nitrogen and oxygen atoms in total. The molecular formula is C19H21N3O2S. The number of thioether (sulfide) groups is 1. The summed E-state index contributed by atoms with van der Waals surface area (Å²) in [7, 11) is 0. The zero-order chi connectivity index (χ0) is 18.1. The van der Waals surface area contributed by atoms with E-state index in [2.05, 4.69) is 15.8 Å². The minimum atomic E-state index is -0.129. The third-order valence-corrected chi connectivity index (χ3v) is 4.30. The summed E-state index contributed by atoms with van der Waals surface area (Å²) in [5, 5.41) is 6.86. The van der Waals surface area contributed by atoms with Crippen LogP contribution in [0.25, 0.3) is 0 Å². The van der Waals surface area contributed by atoms with E-state index in [9.17, 15) is 9.59 Å². The second-order valence-corrected chi connectivity index (χ2v) is 6.57. The number of hydrazone groups is 1. The summed E-state index contributed by atoms with van der Waals surface area (Å²) in [4.78, 5) is 24.1. The lowest BCUT2D eigenvalue weighted by Gasteiger charge is -2.06. The molecule has 0 unspecified atom stereocenters. The Morgan fingerprint density at radius 2 is 1.80 bits per heavy atom. The summed E-state index contributed by atoms with van der Waals surface area (Å²) in [5.41, 5.74) is 4.79. The van der Waals surface area contributed by atoms with Gasteiger partial charge in [0.15, 0.2) is 0 Å². The van der Waals surface area contributed by atoms with E-state index < -0.39 is 0 Å². The summed E-state index contributed by atoms with van der Waals surface area (Å²) < 4.78 is 0. The summed E-state index contributed by atoms with van der Waals surface area (Å²) in [5.74, 6) is 0.444. The average molecular weight is 355 g/mol. The van der Waals surface area contributed by atoms with Gasteiger partial charge in [0.1, 0.15) is 0 Å². The number of benzene rings is 2. The van der Waals surface area contributed by atoms with Crippen LogP contribution in [0, 0.1) is 0 Å². The lowest BCUT2D eigenvalue weighted by atomic mass is 10.1. The molecule has 25 heavy (non-hydrogen) atoms. The lowest BCUT2D eigenvalue weighted by Crippen LogP contribution is -2.19. The SMILES string of the molecule is CC(=O)Nc1cccc(/C(C)=N/NC(=O)CCSc2ccccc2)c1. The van der Waals surface area contributed by atoms with Gasteiger partial charge in [-0.05, 0) is 36.8 Å². The number of amides is 2. The van der Waals surface area contributed by atoms with E-state index in [-0.39, 0.29) is 11.8 Å². The van der Waals surface area contributed by atoms with Crippen molar-refractivity contribution < 1.29 is 9.59 Å². The first-order valence-corrected chi connectivity index (χ1v) is 8.92. The minimum absolute atomic E-state index is 0.124. The molecule has 2 aromatic rings. The Balaban J connectivity index is 1.83. The van der Waals surface area contributed by atoms with Crippen LogP contribution in [0.15, 0.2) is 64.6 Å². The van der Waals surface area contributed by atoms with Gasteiger partial charge in [0.25, 0.3) is 0 Å². The largest absolute Gasteiger partial charge is 0.326 e. The normalized spacial score (nSPS) is 11.0. The molecule has 0 spiro atoms. The van der Waals surface area contributed by atoms with E-state index in [1.807, 2.05) is 55.5 Å². The van der Waals surface area contributed by atoms with Crippen LogP contribution >= 0.6 is 11.8 Å². The minimum Gasteiger partial charge on any atom is -0.326 e. The van der Waals surface area contributed by atoms with Crippen LogP contribution in [0.2, 0.25) is 0 Å². The third kappa shape index (κ3) is 6.81. The molecule has 0 aliphatic carbocycles. The molecular weight excluding hydrogens is 334 g/mol. The zero-order valence-corrected chi connectivity index (χ0v) is 15.1. The van der Waals surface area contributed by atoms with Crippen molar-refractivity contribution >= 4 is 35.0 Å². The Labute approximate surface area is 151 Å². The number of nitrogens with one attached hydrogen (secondary N) is 2. The highest BCUT2D eigenvalue weighted by molar-refractivity contribution is 7.99. The Morgan fingerprint density at radius 3 is 2.52 bits per heavy atom. The first kappa shape index (κ1) is 18.7. The number of anilines is 1. The number of hydrogen-bond donors (Lipinski definition) is 2. The van der Waals surface area contributed by atoms with Gasteiger partial charge in [-0.25, -0.2) is 5.43 Å². The molecule has 0 bridgehead atoms. The molecule has 130 valence electrons. The van der Waals surface area contributed by atoms with Crippen molar-refractivity contribution in [1.29, 1.82) is 0 Å². The summed E-state index contributed by atoms with van der Waals surface area (Å²) in [6, 6.07) is 17.3. The van der Waals surface area contributed by atoms with E-state index in [1.165, 1.54) is 6.92 Å². The number of carbonyl (C=O) groups excluding carboxylic acids is 2. The molecule has 2 rings (SSSR count). The number of hydrogen-bond acceptors (Lipinski definition) is 4. The van der Waals surface area contributed by atoms with Crippen molar-refractivity contribution in [1.82, 2.24) is 5.43 Å². The van der Waals surface area contributed by atoms with Crippen LogP contribution in [0.5, 0.6) is 0 Å². The first-order valence-electron chi connectivity index (χ1n) is 7.93. The summed E-state index contributed by atoms with van der Waals surface area (Å²) in [6.07, 6.45) is 0.391. The molecule has 0 aromatic heterocycles. The molecule has 2 aromatic carbocycles. The number of nitrogens with zero attached hydrogens (tertiary/aromatic N) is 1. The molecule has 6 heteroatoms. The van der Waals surface area contributed by atoms with Gasteiger partial charge in [0, 0.05) is 29.7 Å². The smallest absolute Gasteiger partial charge is 0.240 e. The van der Waals surface area contributed by atoms with Gasteiger partial charge in [-0.15, -0.1) is 11.8 Å². The van der Waals surface area contributed by atoms with Crippen LogP contribution < -0.4 is 10.7 Å². The van der Waals surface area contributed by atoms with E-state index in [0.29, 0.717) is 23.6 Å². The predicted octanol–water partition coefficient (Wildman–Crippen LogP) is 3.67. The van der Waals surface area contributed by atoms with E-state index in [0.717, 1.165) is 10.5 Å². The highest BCUT2D eigenvalue weighted by atomic mass is 32.2. The van der Waals surface area contributed by atoms with Crippen molar-refractivity contribution in [3.63, 3.8) is 0 Å². The molecule has 0 saturated heterocycles. The Hall–Kier alpha value is -2.60. The average Bonchev–Trinajstić information content (AvgIpc) is 2.60. The maximum atomic E-state index is 11.9. The Kier molecular flexibility index (Phi) is 7.22. The molecule has 0 radical (unpaired) electrons. The van der Waals surface area contributed by atoms with Crippen LogP contribution in [-0.2, 0) is 9.59 Å². The fourth-order valence-corrected chi connectivity index (χ4v) is 2.94. The van der Waals surface area contributed by atoms with Gasteiger partial charge in [-0.1, -0.05) is 30.3 Å². The topological polar surface area (TPSA) is 70.6 Å². The first-order chi connectivity index (χ1) is 12.0. The maximum Gasteiger partial charge on any atom is 0.240 e. The summed E-state index contributed by atoms with van der Waals surface area (Å²) in [6.45, 7) is 3.27. The van der Waals surface area contributed by atoms with Crippen molar-refractivity contribution in [3.05, 3.63) is 60.2 Å². The van der Waals surface area contributed by atoms with Crippen molar-refractivity contribution in [3.8, 4) is 0 Å². The quantitative estimate of drug-likeness (QED) is 0.452. The lowest BCUT2D eigenvalue weighted by molar-refractivity contribution is -0.120. The van der Waals surface area contributed by atoms with E-state index in [4.69, 9.17) is 0 Å². The van der Waals surface area contributed by atoms with Crippen LogP contribution in [0.4, 0.5) is 5.69 Å². The van der Waals surface area contributed by atoms with Crippen LogP contribution in [-0.4, -0.2) is 23.3 Å². The van der Waals surface area contributed by atoms with Crippen molar-refractivity contribution in [2.75, 3.05) is 11.1 Å². The van der Waals surface area contributed by atoms with Gasteiger partial charge >= 0.3 is 0 Å².